The minimum absolute atomic E-state index is 0.121. The SMILES string of the molecule is CC(C)N(CC(=O)O)S(=O)(=O)c1ccc2c(c1)oc(=O)n2C. The molecule has 0 spiro atoms. The van der Waals surface area contributed by atoms with Crippen molar-refractivity contribution in [3.63, 3.8) is 0 Å². The second-order valence-electron chi connectivity index (χ2n) is 5.09. The van der Waals surface area contributed by atoms with Crippen LogP contribution in [0.2, 0.25) is 0 Å². The third-order valence-electron chi connectivity index (χ3n) is 3.24. The Bertz CT molecular complexity index is 878. The van der Waals surface area contributed by atoms with Crippen LogP contribution in [-0.2, 0) is 21.9 Å². The predicted molar refractivity (Wildman–Crippen MR) is 78.1 cm³/mol. The molecule has 2 aromatic rings. The van der Waals surface area contributed by atoms with E-state index in [1.165, 1.54) is 29.8 Å². The van der Waals surface area contributed by atoms with Crippen molar-refractivity contribution < 1.29 is 22.7 Å². The number of nitrogens with zero attached hydrogens (tertiary/aromatic N) is 2. The van der Waals surface area contributed by atoms with Gasteiger partial charge in [0.25, 0.3) is 0 Å². The standard InChI is InChI=1S/C13H16N2O6S/c1-8(2)15(7-12(16)17)22(19,20)9-4-5-10-11(6-9)21-13(18)14(10)3/h4-6,8H,7H2,1-3H3,(H,16,17). The molecule has 0 fully saturated rings. The van der Waals surface area contributed by atoms with E-state index in [0.29, 0.717) is 5.52 Å². The molecule has 1 aromatic heterocycles. The predicted octanol–water partition coefficient (Wildman–Crippen LogP) is 0.615. The van der Waals surface area contributed by atoms with E-state index in [0.717, 1.165) is 4.31 Å². The number of carboxylic acid groups (broad SMARTS) is 1. The molecule has 0 aliphatic carbocycles. The number of carboxylic acids is 1. The summed E-state index contributed by atoms with van der Waals surface area (Å²) in [6.07, 6.45) is 0. The Balaban J connectivity index is 2.57. The zero-order chi connectivity index (χ0) is 16.7. The summed E-state index contributed by atoms with van der Waals surface area (Å²) >= 11 is 0. The van der Waals surface area contributed by atoms with Gasteiger partial charge in [-0.15, -0.1) is 0 Å². The lowest BCUT2D eigenvalue weighted by atomic mass is 10.3. The first kappa shape index (κ1) is 16.2. The van der Waals surface area contributed by atoms with E-state index in [1.54, 1.807) is 13.8 Å². The number of aliphatic carboxylic acids is 1. The molecular weight excluding hydrogens is 312 g/mol. The van der Waals surface area contributed by atoms with Gasteiger partial charge in [0.05, 0.1) is 10.4 Å². The highest BCUT2D eigenvalue weighted by atomic mass is 32.2. The quantitative estimate of drug-likeness (QED) is 0.861. The summed E-state index contributed by atoms with van der Waals surface area (Å²) in [6, 6.07) is 3.47. The summed E-state index contributed by atoms with van der Waals surface area (Å²) in [5, 5.41) is 8.89. The lowest BCUT2D eigenvalue weighted by Gasteiger charge is -2.24. The number of carbonyl (C=O) groups is 1. The Morgan fingerprint density at radius 1 is 1.41 bits per heavy atom. The number of oxazole rings is 1. The first-order chi connectivity index (χ1) is 10.1. The molecular formula is C13H16N2O6S. The third-order valence-corrected chi connectivity index (χ3v) is 5.26. The van der Waals surface area contributed by atoms with E-state index in [9.17, 15) is 18.0 Å². The van der Waals surface area contributed by atoms with Crippen LogP contribution < -0.4 is 5.76 Å². The minimum atomic E-state index is -4.01. The average molecular weight is 328 g/mol. The maximum atomic E-state index is 12.6. The van der Waals surface area contributed by atoms with E-state index < -0.39 is 34.3 Å². The fraction of sp³-hybridized carbons (Fsp3) is 0.385. The molecule has 1 aromatic carbocycles. The van der Waals surface area contributed by atoms with E-state index in [-0.39, 0.29) is 10.5 Å². The molecule has 0 unspecified atom stereocenters. The number of sulfonamides is 1. The van der Waals surface area contributed by atoms with Crippen molar-refractivity contribution in [2.24, 2.45) is 7.05 Å². The van der Waals surface area contributed by atoms with Crippen molar-refractivity contribution in [3.8, 4) is 0 Å². The molecule has 8 nitrogen and oxygen atoms in total. The van der Waals surface area contributed by atoms with Gasteiger partial charge >= 0.3 is 11.7 Å². The summed E-state index contributed by atoms with van der Waals surface area (Å²) in [5.41, 5.74) is 0.589. The molecule has 0 amide bonds. The lowest BCUT2D eigenvalue weighted by Crippen LogP contribution is -2.40. The zero-order valence-electron chi connectivity index (χ0n) is 12.3. The van der Waals surface area contributed by atoms with Gasteiger partial charge in [-0.3, -0.25) is 9.36 Å². The van der Waals surface area contributed by atoms with Crippen molar-refractivity contribution in [3.05, 3.63) is 28.7 Å². The van der Waals surface area contributed by atoms with Crippen molar-refractivity contribution >= 4 is 27.1 Å². The van der Waals surface area contributed by atoms with Gasteiger partial charge in [-0.25, -0.2) is 13.2 Å². The van der Waals surface area contributed by atoms with Crippen molar-refractivity contribution in [1.29, 1.82) is 0 Å². The molecule has 0 radical (unpaired) electrons. The van der Waals surface area contributed by atoms with E-state index in [4.69, 9.17) is 9.52 Å². The highest BCUT2D eigenvalue weighted by molar-refractivity contribution is 7.89. The van der Waals surface area contributed by atoms with Crippen molar-refractivity contribution in [1.82, 2.24) is 8.87 Å². The van der Waals surface area contributed by atoms with Crippen LogP contribution in [0.1, 0.15) is 13.8 Å². The van der Waals surface area contributed by atoms with Crippen molar-refractivity contribution in [2.75, 3.05) is 6.54 Å². The number of aryl methyl sites for hydroxylation is 1. The number of fused-ring (bicyclic) bond motifs is 1. The summed E-state index contributed by atoms with van der Waals surface area (Å²) in [6.45, 7) is 2.53. The fourth-order valence-electron chi connectivity index (χ4n) is 2.09. The number of hydrogen-bond donors (Lipinski definition) is 1. The van der Waals surface area contributed by atoms with Gasteiger partial charge < -0.3 is 9.52 Å². The Morgan fingerprint density at radius 2 is 2.05 bits per heavy atom. The maximum absolute atomic E-state index is 12.6. The summed E-state index contributed by atoms with van der Waals surface area (Å²) < 4.78 is 32.3. The number of rotatable bonds is 5. The summed E-state index contributed by atoms with van der Waals surface area (Å²) in [5.74, 6) is -1.85. The smallest absolute Gasteiger partial charge is 0.419 e. The first-order valence-corrected chi connectivity index (χ1v) is 7.92. The van der Waals surface area contributed by atoms with Crippen LogP contribution in [0, 0.1) is 0 Å². The Labute approximate surface area is 126 Å². The maximum Gasteiger partial charge on any atom is 0.419 e. The number of benzene rings is 1. The van der Waals surface area contributed by atoms with E-state index >= 15 is 0 Å². The molecule has 9 heteroatoms. The van der Waals surface area contributed by atoms with Gasteiger partial charge in [0.15, 0.2) is 5.58 Å². The molecule has 1 heterocycles. The molecule has 120 valence electrons. The van der Waals surface area contributed by atoms with Gasteiger partial charge in [-0.2, -0.15) is 4.31 Å². The molecule has 0 aliphatic rings. The molecule has 0 bridgehead atoms. The Morgan fingerprint density at radius 3 is 2.59 bits per heavy atom. The first-order valence-electron chi connectivity index (χ1n) is 6.48. The zero-order valence-corrected chi connectivity index (χ0v) is 13.1. The van der Waals surface area contributed by atoms with Crippen LogP contribution in [0.15, 0.2) is 32.3 Å². The molecule has 0 atom stereocenters. The Hall–Kier alpha value is -2.13. The average Bonchev–Trinajstić information content (AvgIpc) is 2.70. The van der Waals surface area contributed by atoms with Crippen LogP contribution in [0.25, 0.3) is 11.1 Å². The number of hydrogen-bond acceptors (Lipinski definition) is 5. The molecule has 0 saturated carbocycles. The largest absolute Gasteiger partial charge is 0.480 e. The Kier molecular flexibility index (Phi) is 4.12. The van der Waals surface area contributed by atoms with Gasteiger partial charge in [0.1, 0.15) is 6.54 Å². The van der Waals surface area contributed by atoms with Gasteiger partial charge in [-0.05, 0) is 26.0 Å². The highest BCUT2D eigenvalue weighted by Gasteiger charge is 2.29. The van der Waals surface area contributed by atoms with Gasteiger partial charge in [-0.1, -0.05) is 0 Å². The van der Waals surface area contributed by atoms with Gasteiger partial charge in [0.2, 0.25) is 10.0 Å². The summed E-state index contributed by atoms with van der Waals surface area (Å²) in [4.78, 5) is 22.2. The van der Waals surface area contributed by atoms with Crippen LogP contribution in [0.5, 0.6) is 0 Å². The topological polar surface area (TPSA) is 110 Å². The van der Waals surface area contributed by atoms with Crippen LogP contribution in [0.3, 0.4) is 0 Å². The molecule has 0 saturated heterocycles. The van der Waals surface area contributed by atoms with Gasteiger partial charge in [0, 0.05) is 19.2 Å². The van der Waals surface area contributed by atoms with Crippen LogP contribution >= 0.6 is 0 Å². The second-order valence-corrected chi connectivity index (χ2v) is 6.98. The fourth-order valence-corrected chi connectivity index (χ4v) is 3.69. The number of aromatic nitrogens is 1. The molecule has 2 rings (SSSR count). The van der Waals surface area contributed by atoms with E-state index in [2.05, 4.69) is 0 Å². The molecule has 1 N–H and O–H groups in total. The highest BCUT2D eigenvalue weighted by Crippen LogP contribution is 2.22. The third kappa shape index (κ3) is 2.77. The summed E-state index contributed by atoms with van der Waals surface area (Å²) in [7, 11) is -2.50. The molecule has 22 heavy (non-hydrogen) atoms. The molecule has 0 aliphatic heterocycles. The normalized spacial score (nSPS) is 12.4. The van der Waals surface area contributed by atoms with Crippen LogP contribution in [0.4, 0.5) is 0 Å². The van der Waals surface area contributed by atoms with E-state index in [1.807, 2.05) is 0 Å². The minimum Gasteiger partial charge on any atom is -0.480 e. The van der Waals surface area contributed by atoms with Crippen LogP contribution in [-0.4, -0.2) is 41.0 Å². The van der Waals surface area contributed by atoms with Crippen molar-refractivity contribution in [2.45, 2.75) is 24.8 Å². The lowest BCUT2D eigenvalue weighted by molar-refractivity contribution is -0.137. The monoisotopic (exact) mass is 328 g/mol. The second kappa shape index (κ2) is 5.58.